The van der Waals surface area contributed by atoms with Crippen LogP contribution in [0.25, 0.3) is 0 Å². The van der Waals surface area contributed by atoms with E-state index in [0.717, 1.165) is 6.42 Å². The second-order valence-corrected chi connectivity index (χ2v) is 7.88. The van der Waals surface area contributed by atoms with Gasteiger partial charge in [-0.2, -0.15) is 0 Å². The first-order chi connectivity index (χ1) is 8.08. The van der Waals surface area contributed by atoms with Gasteiger partial charge in [0.05, 0.1) is 6.26 Å². The average Bonchev–Trinajstić information content (AvgIpc) is 2.59. The molecule has 0 aromatic rings. The van der Waals surface area contributed by atoms with Crippen molar-refractivity contribution in [1.82, 2.24) is 4.31 Å². The van der Waals surface area contributed by atoms with Crippen LogP contribution >= 0.6 is 0 Å². The molecular weight excluding hydrogens is 254 g/mol. The molecule has 0 spiro atoms. The summed E-state index contributed by atoms with van der Waals surface area (Å²) in [5, 5.41) is 0. The van der Waals surface area contributed by atoms with Crippen LogP contribution in [0.2, 0.25) is 0 Å². The zero-order valence-corrected chi connectivity index (χ0v) is 12.4. The van der Waals surface area contributed by atoms with Crippen molar-refractivity contribution in [2.45, 2.75) is 45.6 Å². The van der Waals surface area contributed by atoms with Crippen molar-refractivity contribution >= 4 is 16.0 Å². The largest absolute Gasteiger partial charge is 0.460 e. The van der Waals surface area contributed by atoms with Crippen LogP contribution in [0.4, 0.5) is 0 Å². The molecule has 106 valence electrons. The first-order valence-corrected chi connectivity index (χ1v) is 8.10. The molecule has 0 N–H and O–H groups in total. The molecule has 0 aromatic carbocycles. The maximum atomic E-state index is 11.5. The summed E-state index contributed by atoms with van der Waals surface area (Å²) in [6, 6.07) is 0. The first-order valence-electron chi connectivity index (χ1n) is 6.25. The molecule has 1 fully saturated rings. The summed E-state index contributed by atoms with van der Waals surface area (Å²) in [7, 11) is -3.09. The Kier molecular flexibility index (Phi) is 4.78. The minimum atomic E-state index is -3.09. The van der Waals surface area contributed by atoms with E-state index in [1.807, 2.05) is 20.8 Å². The van der Waals surface area contributed by atoms with E-state index < -0.39 is 15.6 Å². The van der Waals surface area contributed by atoms with E-state index in [4.69, 9.17) is 4.74 Å². The molecular formula is C12H23NO4S. The molecule has 0 bridgehead atoms. The molecule has 18 heavy (non-hydrogen) atoms. The van der Waals surface area contributed by atoms with E-state index in [0.29, 0.717) is 25.9 Å². The number of esters is 1. The number of hydrogen-bond acceptors (Lipinski definition) is 4. The Morgan fingerprint density at radius 3 is 2.44 bits per heavy atom. The lowest BCUT2D eigenvalue weighted by atomic mass is 10.0. The fourth-order valence-corrected chi connectivity index (χ4v) is 2.97. The van der Waals surface area contributed by atoms with Gasteiger partial charge in [-0.05, 0) is 39.5 Å². The number of ether oxygens (including phenoxy) is 1. The summed E-state index contributed by atoms with van der Waals surface area (Å²) in [5.41, 5.74) is -0.453. The standard InChI is InChI=1S/C12H23NO4S/c1-12(2,3)17-11(14)6-5-10-7-8-13(9-10)18(4,15)16/h10H,5-9H2,1-4H3. The SMILES string of the molecule is CC(C)(C)OC(=O)CCC1CCN(S(C)(=O)=O)C1. The summed E-state index contributed by atoms with van der Waals surface area (Å²) < 4.78 is 29.4. The molecule has 0 saturated carbocycles. The van der Waals surface area contributed by atoms with Crippen molar-refractivity contribution in [2.24, 2.45) is 5.92 Å². The number of carbonyl (C=O) groups excluding carboxylic acids is 1. The molecule has 0 aliphatic carbocycles. The zero-order valence-electron chi connectivity index (χ0n) is 11.6. The molecule has 1 unspecified atom stereocenters. The molecule has 1 aliphatic heterocycles. The van der Waals surface area contributed by atoms with Gasteiger partial charge in [-0.1, -0.05) is 0 Å². The van der Waals surface area contributed by atoms with Crippen LogP contribution in [-0.4, -0.2) is 43.6 Å². The normalized spacial score (nSPS) is 22.1. The second-order valence-electron chi connectivity index (χ2n) is 5.90. The number of rotatable bonds is 4. The highest BCUT2D eigenvalue weighted by atomic mass is 32.2. The number of carbonyl (C=O) groups is 1. The van der Waals surface area contributed by atoms with Crippen molar-refractivity contribution in [3.63, 3.8) is 0 Å². The van der Waals surface area contributed by atoms with Gasteiger partial charge in [0.15, 0.2) is 0 Å². The van der Waals surface area contributed by atoms with E-state index in [2.05, 4.69) is 0 Å². The van der Waals surface area contributed by atoms with Crippen LogP contribution in [-0.2, 0) is 19.6 Å². The van der Waals surface area contributed by atoms with E-state index >= 15 is 0 Å². The Morgan fingerprint density at radius 1 is 1.39 bits per heavy atom. The number of sulfonamides is 1. The van der Waals surface area contributed by atoms with E-state index in [-0.39, 0.29) is 11.9 Å². The van der Waals surface area contributed by atoms with Gasteiger partial charge in [0.1, 0.15) is 5.60 Å². The highest BCUT2D eigenvalue weighted by Crippen LogP contribution is 2.23. The molecule has 0 aromatic heterocycles. The predicted octanol–water partition coefficient (Wildman–Crippen LogP) is 1.39. The lowest BCUT2D eigenvalue weighted by Crippen LogP contribution is -2.27. The van der Waals surface area contributed by atoms with Gasteiger partial charge in [0.2, 0.25) is 10.0 Å². The van der Waals surface area contributed by atoms with Gasteiger partial charge in [0, 0.05) is 19.5 Å². The Hall–Kier alpha value is -0.620. The fraction of sp³-hybridized carbons (Fsp3) is 0.917. The third kappa shape index (κ3) is 5.35. The Morgan fingerprint density at radius 2 is 2.00 bits per heavy atom. The fourth-order valence-electron chi connectivity index (χ4n) is 2.05. The summed E-state index contributed by atoms with van der Waals surface area (Å²) in [6.07, 6.45) is 3.11. The maximum Gasteiger partial charge on any atom is 0.306 e. The second kappa shape index (κ2) is 5.57. The van der Waals surface area contributed by atoms with Gasteiger partial charge in [0.25, 0.3) is 0 Å². The third-order valence-corrected chi connectivity index (χ3v) is 4.16. The maximum absolute atomic E-state index is 11.5. The average molecular weight is 277 g/mol. The van der Waals surface area contributed by atoms with Gasteiger partial charge >= 0.3 is 5.97 Å². The lowest BCUT2D eigenvalue weighted by Gasteiger charge is -2.20. The van der Waals surface area contributed by atoms with Crippen LogP contribution < -0.4 is 0 Å². The lowest BCUT2D eigenvalue weighted by molar-refractivity contribution is -0.155. The summed E-state index contributed by atoms with van der Waals surface area (Å²) in [4.78, 5) is 11.5. The van der Waals surface area contributed by atoms with Crippen molar-refractivity contribution in [3.05, 3.63) is 0 Å². The monoisotopic (exact) mass is 277 g/mol. The van der Waals surface area contributed by atoms with Crippen molar-refractivity contribution < 1.29 is 17.9 Å². The zero-order chi connectivity index (χ0) is 14.0. The molecule has 5 nitrogen and oxygen atoms in total. The predicted molar refractivity (Wildman–Crippen MR) is 69.6 cm³/mol. The van der Waals surface area contributed by atoms with Crippen LogP contribution in [0.3, 0.4) is 0 Å². The molecule has 0 amide bonds. The Labute approximate surface area is 110 Å². The van der Waals surface area contributed by atoms with Crippen molar-refractivity contribution in [1.29, 1.82) is 0 Å². The quantitative estimate of drug-likeness (QED) is 0.728. The molecule has 0 radical (unpaired) electrons. The van der Waals surface area contributed by atoms with E-state index in [9.17, 15) is 13.2 Å². The number of nitrogens with zero attached hydrogens (tertiary/aromatic N) is 1. The van der Waals surface area contributed by atoms with E-state index in [1.54, 1.807) is 0 Å². The van der Waals surface area contributed by atoms with Crippen LogP contribution in [0.5, 0.6) is 0 Å². The van der Waals surface area contributed by atoms with Gasteiger partial charge in [-0.25, -0.2) is 12.7 Å². The molecule has 6 heteroatoms. The molecule has 1 aliphatic rings. The minimum absolute atomic E-state index is 0.208. The highest BCUT2D eigenvalue weighted by Gasteiger charge is 2.29. The molecule has 1 heterocycles. The summed E-state index contributed by atoms with van der Waals surface area (Å²) in [5.74, 6) is 0.0625. The van der Waals surface area contributed by atoms with Crippen molar-refractivity contribution in [2.75, 3.05) is 19.3 Å². The Bertz CT molecular complexity index is 397. The number of hydrogen-bond donors (Lipinski definition) is 0. The van der Waals surface area contributed by atoms with Crippen LogP contribution in [0.15, 0.2) is 0 Å². The molecule has 1 saturated heterocycles. The van der Waals surface area contributed by atoms with Gasteiger partial charge < -0.3 is 4.74 Å². The third-order valence-electron chi connectivity index (χ3n) is 2.89. The Balaban J connectivity index is 2.32. The smallest absolute Gasteiger partial charge is 0.306 e. The van der Waals surface area contributed by atoms with Crippen LogP contribution in [0, 0.1) is 5.92 Å². The topological polar surface area (TPSA) is 63.7 Å². The van der Waals surface area contributed by atoms with Gasteiger partial charge in [-0.3, -0.25) is 4.79 Å². The minimum Gasteiger partial charge on any atom is -0.460 e. The first kappa shape index (κ1) is 15.4. The summed E-state index contributed by atoms with van der Waals surface area (Å²) >= 11 is 0. The van der Waals surface area contributed by atoms with Crippen LogP contribution in [0.1, 0.15) is 40.0 Å². The molecule has 1 atom stereocenters. The van der Waals surface area contributed by atoms with Crippen molar-refractivity contribution in [3.8, 4) is 0 Å². The summed E-state index contributed by atoms with van der Waals surface area (Å²) in [6.45, 7) is 6.61. The molecule has 1 rings (SSSR count). The van der Waals surface area contributed by atoms with E-state index in [1.165, 1.54) is 10.6 Å². The van der Waals surface area contributed by atoms with Gasteiger partial charge in [-0.15, -0.1) is 0 Å². The highest BCUT2D eigenvalue weighted by molar-refractivity contribution is 7.88.